The van der Waals surface area contributed by atoms with Crippen LogP contribution in [0.4, 0.5) is 18.3 Å². The summed E-state index contributed by atoms with van der Waals surface area (Å²) in [6.07, 6.45) is 1.79. The largest absolute Gasteiger partial charge is 0.343 e. The number of nitrogens with zero attached hydrogens (tertiary/aromatic N) is 5. The van der Waals surface area contributed by atoms with Crippen LogP contribution < -0.4 is 4.90 Å². The first-order valence-electron chi connectivity index (χ1n) is 9.59. The van der Waals surface area contributed by atoms with Gasteiger partial charge >= 0.3 is 0 Å². The summed E-state index contributed by atoms with van der Waals surface area (Å²) in [5, 5.41) is 5.34. The van der Waals surface area contributed by atoms with Gasteiger partial charge in [0, 0.05) is 37.8 Å². The van der Waals surface area contributed by atoms with Gasteiger partial charge in [-0.25, -0.2) is 22.7 Å². The first-order chi connectivity index (χ1) is 15.0. The molecule has 0 aliphatic carbocycles. The first kappa shape index (κ1) is 19.6. The fourth-order valence-electron chi connectivity index (χ4n) is 3.51. The van der Waals surface area contributed by atoms with Crippen molar-refractivity contribution in [3.63, 3.8) is 0 Å². The van der Waals surface area contributed by atoms with Crippen LogP contribution in [0.15, 0.2) is 48.7 Å². The molecule has 0 N–H and O–H groups in total. The monoisotopic (exact) mass is 443 g/mol. The highest BCUT2D eigenvalue weighted by molar-refractivity contribution is 7.20. The summed E-state index contributed by atoms with van der Waals surface area (Å²) in [5.41, 5.74) is 1.39. The smallest absolute Gasteiger partial charge is 0.256 e. The van der Waals surface area contributed by atoms with Gasteiger partial charge in [-0.1, -0.05) is 11.3 Å². The summed E-state index contributed by atoms with van der Waals surface area (Å²) in [7, 11) is 0. The van der Waals surface area contributed by atoms with E-state index in [1.807, 2.05) is 4.90 Å². The Bertz CT molecular complexity index is 1230. The lowest BCUT2D eigenvalue weighted by Crippen LogP contribution is -2.49. The summed E-state index contributed by atoms with van der Waals surface area (Å²) >= 11 is 1.42. The van der Waals surface area contributed by atoms with E-state index in [4.69, 9.17) is 0 Å². The maximum atomic E-state index is 13.9. The molecule has 5 rings (SSSR count). The van der Waals surface area contributed by atoms with Crippen molar-refractivity contribution in [2.24, 2.45) is 0 Å². The molecule has 158 valence electrons. The molecule has 1 aliphatic rings. The molecule has 2 aromatic carbocycles. The first-order valence-corrected chi connectivity index (χ1v) is 10.4. The van der Waals surface area contributed by atoms with Crippen molar-refractivity contribution < 1.29 is 18.0 Å². The Balaban J connectivity index is 1.27. The third kappa shape index (κ3) is 3.74. The van der Waals surface area contributed by atoms with Crippen molar-refractivity contribution in [2.75, 3.05) is 31.1 Å². The molecular formula is C21H16F3N5OS. The number of benzene rings is 2. The fourth-order valence-corrected chi connectivity index (χ4v) is 4.45. The zero-order chi connectivity index (χ0) is 21.5. The Morgan fingerprint density at radius 3 is 2.32 bits per heavy atom. The highest BCUT2D eigenvalue weighted by Crippen LogP contribution is 2.27. The molecule has 1 aliphatic heterocycles. The molecule has 3 heterocycles. The topological polar surface area (TPSA) is 53.7 Å². The van der Waals surface area contributed by atoms with E-state index in [1.54, 1.807) is 27.7 Å². The average molecular weight is 443 g/mol. The van der Waals surface area contributed by atoms with Gasteiger partial charge < -0.3 is 9.80 Å². The lowest BCUT2D eigenvalue weighted by molar-refractivity contribution is 0.0742. The Morgan fingerprint density at radius 1 is 0.935 bits per heavy atom. The van der Waals surface area contributed by atoms with Crippen LogP contribution in [0, 0.1) is 17.5 Å². The normalized spacial score (nSPS) is 14.4. The zero-order valence-electron chi connectivity index (χ0n) is 16.1. The molecule has 0 saturated carbocycles. The molecular weight excluding hydrogens is 427 g/mol. The van der Waals surface area contributed by atoms with E-state index in [0.717, 1.165) is 22.8 Å². The number of hydrogen-bond acceptors (Lipinski definition) is 5. The van der Waals surface area contributed by atoms with Gasteiger partial charge in [-0.2, -0.15) is 0 Å². The predicted octanol–water partition coefficient (Wildman–Crippen LogP) is 3.84. The van der Waals surface area contributed by atoms with Gasteiger partial charge in [0.2, 0.25) is 10.1 Å². The molecule has 0 spiro atoms. The number of hydrogen-bond donors (Lipinski definition) is 0. The molecule has 0 atom stereocenters. The van der Waals surface area contributed by atoms with Crippen molar-refractivity contribution in [2.45, 2.75) is 0 Å². The number of carbonyl (C=O) groups excluding carboxylic acids is 1. The number of halogens is 3. The second kappa shape index (κ2) is 7.69. The van der Waals surface area contributed by atoms with Crippen LogP contribution >= 0.6 is 11.3 Å². The van der Waals surface area contributed by atoms with E-state index in [0.29, 0.717) is 36.8 Å². The summed E-state index contributed by atoms with van der Waals surface area (Å²) < 4.78 is 41.8. The Hall–Kier alpha value is -3.40. The van der Waals surface area contributed by atoms with E-state index < -0.39 is 17.5 Å². The summed E-state index contributed by atoms with van der Waals surface area (Å²) in [4.78, 5) is 21.4. The molecule has 0 radical (unpaired) electrons. The maximum Gasteiger partial charge on any atom is 0.256 e. The Labute approximate surface area is 179 Å². The van der Waals surface area contributed by atoms with Gasteiger partial charge in [0.25, 0.3) is 5.91 Å². The van der Waals surface area contributed by atoms with Gasteiger partial charge in [0.15, 0.2) is 0 Å². The van der Waals surface area contributed by atoms with E-state index in [-0.39, 0.29) is 11.4 Å². The number of anilines is 1. The number of piperazine rings is 1. The van der Waals surface area contributed by atoms with Crippen molar-refractivity contribution in [1.82, 2.24) is 19.5 Å². The quantitative estimate of drug-likeness (QED) is 0.483. The van der Waals surface area contributed by atoms with Crippen LogP contribution in [0.25, 0.3) is 16.2 Å². The standard InChI is InChI=1S/C21H16F3N5OS/c22-14-3-1-13(2-4-14)18-12-29-20(25-18)31-21(26-29)28-9-7-27(8-10-28)19(30)16-6-5-15(23)11-17(16)24/h1-6,11-12H,7-10H2. The minimum Gasteiger partial charge on any atom is -0.343 e. The minimum absolute atomic E-state index is 0.129. The Morgan fingerprint density at radius 2 is 1.65 bits per heavy atom. The van der Waals surface area contributed by atoms with Crippen molar-refractivity contribution in [3.05, 3.63) is 71.7 Å². The molecule has 1 saturated heterocycles. The molecule has 10 heteroatoms. The lowest BCUT2D eigenvalue weighted by atomic mass is 10.1. The van der Waals surface area contributed by atoms with Gasteiger partial charge in [-0.05, 0) is 36.4 Å². The number of fused-ring (bicyclic) bond motifs is 1. The van der Waals surface area contributed by atoms with E-state index in [2.05, 4.69) is 10.1 Å². The number of imidazole rings is 1. The summed E-state index contributed by atoms with van der Waals surface area (Å²) in [5.74, 6) is -2.32. The SMILES string of the molecule is O=C(c1ccc(F)cc1F)N1CCN(c2nn3cc(-c4ccc(F)cc4)nc3s2)CC1. The summed E-state index contributed by atoms with van der Waals surface area (Å²) in [6.45, 7) is 1.88. The third-order valence-corrected chi connectivity index (χ3v) is 6.15. The molecule has 4 aromatic rings. The van der Waals surface area contributed by atoms with Crippen LogP contribution in [-0.4, -0.2) is 51.6 Å². The van der Waals surface area contributed by atoms with Gasteiger partial charge in [0.05, 0.1) is 17.5 Å². The van der Waals surface area contributed by atoms with Crippen LogP contribution in [-0.2, 0) is 0 Å². The lowest BCUT2D eigenvalue weighted by Gasteiger charge is -2.34. The van der Waals surface area contributed by atoms with Gasteiger partial charge in [-0.15, -0.1) is 5.10 Å². The van der Waals surface area contributed by atoms with Gasteiger partial charge in [0.1, 0.15) is 17.5 Å². The molecule has 2 aromatic heterocycles. The maximum absolute atomic E-state index is 13.9. The molecule has 1 amide bonds. The predicted molar refractivity (Wildman–Crippen MR) is 111 cm³/mol. The second-order valence-corrected chi connectivity index (χ2v) is 8.08. The third-order valence-electron chi connectivity index (χ3n) is 5.17. The van der Waals surface area contributed by atoms with Crippen LogP contribution in [0.5, 0.6) is 0 Å². The van der Waals surface area contributed by atoms with E-state index in [9.17, 15) is 18.0 Å². The molecule has 0 unspecified atom stereocenters. The van der Waals surface area contributed by atoms with Crippen LogP contribution in [0.1, 0.15) is 10.4 Å². The number of aromatic nitrogens is 3. The van der Waals surface area contributed by atoms with E-state index >= 15 is 0 Å². The van der Waals surface area contributed by atoms with Crippen LogP contribution in [0.3, 0.4) is 0 Å². The number of carbonyl (C=O) groups is 1. The van der Waals surface area contributed by atoms with Crippen LogP contribution in [0.2, 0.25) is 0 Å². The summed E-state index contributed by atoms with van der Waals surface area (Å²) in [6, 6.07) is 9.09. The molecule has 31 heavy (non-hydrogen) atoms. The molecule has 6 nitrogen and oxygen atoms in total. The number of rotatable bonds is 3. The highest BCUT2D eigenvalue weighted by atomic mass is 32.1. The highest BCUT2D eigenvalue weighted by Gasteiger charge is 2.26. The van der Waals surface area contributed by atoms with Crippen molar-refractivity contribution in [3.8, 4) is 11.3 Å². The molecule has 0 bridgehead atoms. The number of amides is 1. The zero-order valence-corrected chi connectivity index (χ0v) is 17.0. The second-order valence-electron chi connectivity index (χ2n) is 7.15. The average Bonchev–Trinajstić information content (AvgIpc) is 3.33. The molecule has 1 fully saturated rings. The Kier molecular flexibility index (Phi) is 4.85. The van der Waals surface area contributed by atoms with Gasteiger partial charge in [-0.3, -0.25) is 4.79 Å². The van der Waals surface area contributed by atoms with Crippen molar-refractivity contribution in [1.29, 1.82) is 0 Å². The fraction of sp³-hybridized carbons (Fsp3) is 0.190. The van der Waals surface area contributed by atoms with Crippen molar-refractivity contribution >= 4 is 27.3 Å². The van der Waals surface area contributed by atoms with E-state index in [1.165, 1.54) is 29.5 Å². The minimum atomic E-state index is -0.856.